The third-order valence-corrected chi connectivity index (χ3v) is 3.90. The lowest BCUT2D eigenvalue weighted by Gasteiger charge is -2.18. The van der Waals surface area contributed by atoms with Crippen molar-refractivity contribution in [3.8, 4) is 0 Å². The molecule has 2 N–H and O–H groups in total. The van der Waals surface area contributed by atoms with Crippen LogP contribution in [-0.2, 0) is 0 Å². The van der Waals surface area contributed by atoms with Crippen molar-refractivity contribution in [1.29, 1.82) is 0 Å². The molecule has 1 fully saturated rings. The van der Waals surface area contributed by atoms with Crippen molar-refractivity contribution in [2.24, 2.45) is 10.9 Å². The van der Waals surface area contributed by atoms with Crippen LogP contribution in [0.25, 0.3) is 0 Å². The molecule has 5 heteroatoms. The molecule has 1 aliphatic carbocycles. The van der Waals surface area contributed by atoms with E-state index < -0.39 is 0 Å². The average Bonchev–Trinajstić information content (AvgIpc) is 3.26. The van der Waals surface area contributed by atoms with Gasteiger partial charge in [0.1, 0.15) is 5.82 Å². The summed E-state index contributed by atoms with van der Waals surface area (Å²) in [5.41, 5.74) is 1.61. The second kappa shape index (κ2) is 9.33. The van der Waals surface area contributed by atoms with Crippen molar-refractivity contribution in [3.05, 3.63) is 35.1 Å². The van der Waals surface area contributed by atoms with Crippen molar-refractivity contribution in [2.45, 2.75) is 46.1 Å². The zero-order valence-electron chi connectivity index (χ0n) is 13.7. The van der Waals surface area contributed by atoms with E-state index in [-0.39, 0.29) is 35.8 Å². The van der Waals surface area contributed by atoms with E-state index in [2.05, 4.69) is 15.6 Å². The van der Waals surface area contributed by atoms with Gasteiger partial charge in [0.15, 0.2) is 5.96 Å². The third kappa shape index (κ3) is 6.10. The van der Waals surface area contributed by atoms with Crippen LogP contribution in [-0.4, -0.2) is 19.0 Å². The summed E-state index contributed by atoms with van der Waals surface area (Å²) in [5, 5.41) is 6.60. The summed E-state index contributed by atoms with van der Waals surface area (Å²) < 4.78 is 13.6. The van der Waals surface area contributed by atoms with Crippen molar-refractivity contribution in [3.63, 3.8) is 0 Å². The number of benzene rings is 1. The summed E-state index contributed by atoms with van der Waals surface area (Å²) >= 11 is 0. The molecule has 0 spiro atoms. The second-order valence-electron chi connectivity index (χ2n) is 5.87. The molecule has 1 saturated carbocycles. The number of hydrogen-bond donors (Lipinski definition) is 2. The van der Waals surface area contributed by atoms with E-state index in [0.29, 0.717) is 5.56 Å². The van der Waals surface area contributed by atoms with E-state index in [0.717, 1.165) is 30.5 Å². The zero-order chi connectivity index (χ0) is 15.2. The molecule has 0 radical (unpaired) electrons. The fourth-order valence-electron chi connectivity index (χ4n) is 2.25. The molecule has 2 rings (SSSR count). The predicted molar refractivity (Wildman–Crippen MR) is 101 cm³/mol. The lowest BCUT2D eigenvalue weighted by atomic mass is 10.1. The molecule has 0 aliphatic heterocycles. The monoisotopic (exact) mass is 419 g/mol. The third-order valence-electron chi connectivity index (χ3n) is 3.90. The lowest BCUT2D eigenvalue weighted by Crippen LogP contribution is -2.38. The van der Waals surface area contributed by atoms with Crippen LogP contribution < -0.4 is 10.6 Å². The first-order valence-corrected chi connectivity index (χ1v) is 7.91. The summed E-state index contributed by atoms with van der Waals surface area (Å²) in [6.07, 6.45) is 3.89. The molecule has 0 bridgehead atoms. The minimum Gasteiger partial charge on any atom is -0.357 e. The topological polar surface area (TPSA) is 36.4 Å². The highest BCUT2D eigenvalue weighted by atomic mass is 127. The minimum absolute atomic E-state index is 0. The van der Waals surface area contributed by atoms with E-state index in [1.54, 1.807) is 13.0 Å². The van der Waals surface area contributed by atoms with Crippen LogP contribution >= 0.6 is 24.0 Å². The van der Waals surface area contributed by atoms with Gasteiger partial charge in [-0.15, -0.1) is 24.0 Å². The normalized spacial score (nSPS) is 15.9. The average molecular weight is 419 g/mol. The molecular formula is C17H27FIN3. The van der Waals surface area contributed by atoms with Gasteiger partial charge in [0.05, 0.1) is 6.04 Å². The highest BCUT2D eigenvalue weighted by molar-refractivity contribution is 14.0. The number of guanidine groups is 1. The van der Waals surface area contributed by atoms with Gasteiger partial charge in [-0.2, -0.15) is 0 Å². The summed E-state index contributed by atoms with van der Waals surface area (Å²) in [7, 11) is 0. The van der Waals surface area contributed by atoms with E-state index in [9.17, 15) is 4.39 Å². The number of halogens is 2. The molecule has 0 amide bonds. The smallest absolute Gasteiger partial charge is 0.191 e. The highest BCUT2D eigenvalue weighted by Crippen LogP contribution is 2.32. The Balaban J connectivity index is 0.00000242. The Kier molecular flexibility index (Phi) is 8.14. The molecule has 3 nitrogen and oxygen atoms in total. The lowest BCUT2D eigenvalue weighted by molar-refractivity contribution is 0.607. The number of aliphatic imine (C=N–C) groups is 1. The van der Waals surface area contributed by atoms with Crippen LogP contribution in [0, 0.1) is 18.7 Å². The van der Waals surface area contributed by atoms with Crippen LogP contribution in [0.5, 0.6) is 0 Å². The molecule has 0 heterocycles. The molecule has 1 aromatic carbocycles. The van der Waals surface area contributed by atoms with E-state index in [4.69, 9.17) is 0 Å². The summed E-state index contributed by atoms with van der Waals surface area (Å²) in [5.74, 6) is 1.55. The predicted octanol–water partition coefficient (Wildman–Crippen LogP) is 4.17. The van der Waals surface area contributed by atoms with E-state index >= 15 is 0 Å². The molecular weight excluding hydrogens is 392 g/mol. The molecule has 22 heavy (non-hydrogen) atoms. The van der Waals surface area contributed by atoms with Crippen LogP contribution in [0.4, 0.5) is 4.39 Å². The first kappa shape index (κ1) is 19.2. The van der Waals surface area contributed by atoms with Gasteiger partial charge < -0.3 is 10.6 Å². The summed E-state index contributed by atoms with van der Waals surface area (Å²) in [6.45, 7) is 7.53. The Labute approximate surface area is 150 Å². The standard InChI is InChI=1S/C17H26FN3.HI/c1-4-19-17(20-10-9-14-6-7-14)21-13(3)15-8-5-12(2)16(18)11-15;/h5,8,11,13-14H,4,6-7,9-10H2,1-3H3,(H2,19,20,21);1H. The SMILES string of the molecule is CCNC(=NCCC1CC1)NC(C)c1ccc(C)c(F)c1.I. The molecule has 124 valence electrons. The fraction of sp³-hybridized carbons (Fsp3) is 0.588. The maximum absolute atomic E-state index is 13.6. The van der Waals surface area contributed by atoms with Gasteiger partial charge in [-0.25, -0.2) is 4.39 Å². The van der Waals surface area contributed by atoms with Gasteiger partial charge in [-0.1, -0.05) is 25.0 Å². The van der Waals surface area contributed by atoms with Gasteiger partial charge in [0, 0.05) is 13.1 Å². The second-order valence-corrected chi connectivity index (χ2v) is 5.87. The van der Waals surface area contributed by atoms with Crippen molar-refractivity contribution in [2.75, 3.05) is 13.1 Å². The van der Waals surface area contributed by atoms with Crippen LogP contribution in [0.15, 0.2) is 23.2 Å². The molecule has 0 saturated heterocycles. The number of rotatable bonds is 6. The molecule has 1 aromatic rings. The molecule has 0 aromatic heterocycles. The Morgan fingerprint density at radius 1 is 1.41 bits per heavy atom. The summed E-state index contributed by atoms with van der Waals surface area (Å²) in [6, 6.07) is 5.41. The molecule has 1 aliphatic rings. The molecule has 1 atom stereocenters. The van der Waals surface area contributed by atoms with Gasteiger partial charge in [0.2, 0.25) is 0 Å². The Hall–Kier alpha value is -0.850. The summed E-state index contributed by atoms with van der Waals surface area (Å²) in [4.78, 5) is 4.60. The number of nitrogens with zero attached hydrogens (tertiary/aromatic N) is 1. The first-order chi connectivity index (χ1) is 10.1. The fourth-order valence-corrected chi connectivity index (χ4v) is 2.25. The number of nitrogens with one attached hydrogen (secondary N) is 2. The van der Waals surface area contributed by atoms with Crippen molar-refractivity contribution >= 4 is 29.9 Å². The highest BCUT2D eigenvalue weighted by Gasteiger charge is 2.20. The van der Waals surface area contributed by atoms with Gasteiger partial charge in [-0.05, 0) is 50.3 Å². The Bertz CT molecular complexity index is 501. The van der Waals surface area contributed by atoms with Gasteiger partial charge in [0.25, 0.3) is 0 Å². The van der Waals surface area contributed by atoms with Crippen LogP contribution in [0.2, 0.25) is 0 Å². The Morgan fingerprint density at radius 2 is 2.14 bits per heavy atom. The largest absolute Gasteiger partial charge is 0.357 e. The van der Waals surface area contributed by atoms with Crippen LogP contribution in [0.3, 0.4) is 0 Å². The zero-order valence-corrected chi connectivity index (χ0v) is 16.0. The van der Waals surface area contributed by atoms with Gasteiger partial charge in [-0.3, -0.25) is 4.99 Å². The van der Waals surface area contributed by atoms with E-state index in [1.807, 2.05) is 26.0 Å². The van der Waals surface area contributed by atoms with Crippen LogP contribution in [0.1, 0.15) is 50.3 Å². The van der Waals surface area contributed by atoms with Gasteiger partial charge >= 0.3 is 0 Å². The maximum atomic E-state index is 13.6. The minimum atomic E-state index is -0.156. The van der Waals surface area contributed by atoms with Crippen molar-refractivity contribution < 1.29 is 4.39 Å². The maximum Gasteiger partial charge on any atom is 0.191 e. The quantitative estimate of drug-likeness (QED) is 0.413. The Morgan fingerprint density at radius 3 is 2.73 bits per heavy atom. The van der Waals surface area contributed by atoms with E-state index in [1.165, 1.54) is 19.3 Å². The van der Waals surface area contributed by atoms with Crippen molar-refractivity contribution in [1.82, 2.24) is 10.6 Å². The number of aryl methyl sites for hydroxylation is 1. The molecule has 1 unspecified atom stereocenters. The number of hydrogen-bond acceptors (Lipinski definition) is 1. The first-order valence-electron chi connectivity index (χ1n) is 7.91.